The fourth-order valence-corrected chi connectivity index (χ4v) is 9.22. The molecule has 0 radical (unpaired) electrons. The summed E-state index contributed by atoms with van der Waals surface area (Å²) in [5.41, 5.74) is 14.4. The molecule has 0 bridgehead atoms. The number of nitrogens with zero attached hydrogens (tertiary/aromatic N) is 1. The topological polar surface area (TPSA) is 16.4 Å². The van der Waals surface area contributed by atoms with Crippen LogP contribution >= 0.6 is 0 Å². The molecule has 2 nitrogen and oxygen atoms in total. The maximum Gasteiger partial charge on any atom is 0.159 e. The minimum absolute atomic E-state index is 0.862. The van der Waals surface area contributed by atoms with E-state index in [1.165, 1.54) is 65.7 Å². The van der Waals surface area contributed by atoms with Crippen LogP contribution in [0.3, 0.4) is 0 Å². The van der Waals surface area contributed by atoms with Gasteiger partial charge in [-0.2, -0.15) is 0 Å². The number of furan rings is 1. The summed E-state index contributed by atoms with van der Waals surface area (Å²) < 4.78 is 6.80. The van der Waals surface area contributed by atoms with Gasteiger partial charge in [0.05, 0.1) is 5.69 Å². The van der Waals surface area contributed by atoms with Crippen molar-refractivity contribution in [2.75, 3.05) is 4.90 Å². The lowest BCUT2D eigenvalue weighted by Gasteiger charge is -2.26. The normalized spacial score (nSPS) is 11.5. The van der Waals surface area contributed by atoms with E-state index in [-0.39, 0.29) is 0 Å². The first-order chi connectivity index (χ1) is 30.7. The van der Waals surface area contributed by atoms with Crippen molar-refractivity contribution in [1.29, 1.82) is 0 Å². The third-order valence-electron chi connectivity index (χ3n) is 12.4. The van der Waals surface area contributed by atoms with Crippen LogP contribution in [-0.4, -0.2) is 0 Å². The van der Waals surface area contributed by atoms with E-state index in [0.29, 0.717) is 0 Å². The van der Waals surface area contributed by atoms with E-state index in [0.717, 1.165) is 50.1 Å². The van der Waals surface area contributed by atoms with Crippen LogP contribution in [-0.2, 0) is 0 Å². The van der Waals surface area contributed by atoms with Gasteiger partial charge in [-0.05, 0) is 131 Å². The average Bonchev–Trinajstić information content (AvgIpc) is 3.75. The predicted octanol–water partition coefficient (Wildman–Crippen LogP) is 17.2. The van der Waals surface area contributed by atoms with Crippen molar-refractivity contribution >= 4 is 71.3 Å². The Hall–Kier alpha value is -8.20. The highest BCUT2D eigenvalue weighted by Crippen LogP contribution is 2.44. The smallest absolute Gasteiger partial charge is 0.159 e. The molecule has 0 amide bonds. The molecule has 0 unspecified atom stereocenters. The van der Waals surface area contributed by atoms with Crippen LogP contribution in [0.15, 0.2) is 241 Å². The molecule has 12 aromatic rings. The zero-order valence-corrected chi connectivity index (χ0v) is 33.9. The lowest BCUT2D eigenvalue weighted by Crippen LogP contribution is -2.10. The molecule has 0 spiro atoms. The van der Waals surface area contributed by atoms with E-state index in [2.05, 4.69) is 241 Å². The Morgan fingerprint density at radius 2 is 0.694 bits per heavy atom. The standard InChI is InChI=1S/C60H39NO/c1-2-9-40(10-3-1)42-17-19-43(20-18-42)44-27-32-53(33-28-44)61(57-16-8-15-56-59-55-14-7-6-12-46(55)31-36-58(59)62-60(56)57)54-34-29-45(30-35-54)48-23-24-51-39-52(26-25-50(51)38-48)49-22-21-41-11-4-5-13-47(41)37-49/h1-39H. The van der Waals surface area contributed by atoms with Crippen LogP contribution in [0.5, 0.6) is 0 Å². The maximum absolute atomic E-state index is 6.80. The number of anilines is 3. The molecule has 0 fully saturated rings. The lowest BCUT2D eigenvalue weighted by molar-refractivity contribution is 0.669. The molecule has 62 heavy (non-hydrogen) atoms. The number of fused-ring (bicyclic) bond motifs is 7. The molecule has 0 aliphatic rings. The summed E-state index contributed by atoms with van der Waals surface area (Å²) in [6, 6.07) is 85.4. The molecule has 1 aromatic heterocycles. The minimum atomic E-state index is 0.862. The first-order valence-electron chi connectivity index (χ1n) is 21.2. The largest absolute Gasteiger partial charge is 0.454 e. The Morgan fingerprint density at radius 3 is 1.32 bits per heavy atom. The van der Waals surface area contributed by atoms with Crippen LogP contribution in [0.4, 0.5) is 17.1 Å². The van der Waals surface area contributed by atoms with Gasteiger partial charge in [-0.3, -0.25) is 0 Å². The summed E-state index contributed by atoms with van der Waals surface area (Å²) in [4.78, 5) is 2.33. The molecule has 0 saturated heterocycles. The predicted molar refractivity (Wildman–Crippen MR) is 263 cm³/mol. The highest BCUT2D eigenvalue weighted by molar-refractivity contribution is 6.21. The van der Waals surface area contributed by atoms with Gasteiger partial charge in [0, 0.05) is 22.1 Å². The number of benzene rings is 11. The summed E-state index contributed by atoms with van der Waals surface area (Å²) in [7, 11) is 0. The summed E-state index contributed by atoms with van der Waals surface area (Å²) >= 11 is 0. The SMILES string of the molecule is c1ccc(-c2ccc(-c3ccc(N(c4ccc(-c5ccc6cc(-c7ccc8ccccc8c7)ccc6c5)cc4)c4cccc5c4oc4ccc6ccccc6c45)cc3)cc2)cc1. The van der Waals surface area contributed by atoms with Crippen molar-refractivity contribution in [3.05, 3.63) is 237 Å². The Kier molecular flexibility index (Phi) is 8.53. The van der Waals surface area contributed by atoms with Gasteiger partial charge < -0.3 is 9.32 Å². The van der Waals surface area contributed by atoms with Crippen molar-refractivity contribution < 1.29 is 4.42 Å². The molecule has 0 aliphatic heterocycles. The van der Waals surface area contributed by atoms with Gasteiger partial charge in [0.25, 0.3) is 0 Å². The van der Waals surface area contributed by atoms with Crippen molar-refractivity contribution in [3.63, 3.8) is 0 Å². The zero-order valence-electron chi connectivity index (χ0n) is 33.9. The summed E-state index contributed by atoms with van der Waals surface area (Å²) in [6.07, 6.45) is 0. The molecule has 0 N–H and O–H groups in total. The van der Waals surface area contributed by atoms with Crippen molar-refractivity contribution in [1.82, 2.24) is 0 Å². The van der Waals surface area contributed by atoms with Crippen molar-refractivity contribution in [3.8, 4) is 44.5 Å². The number of rotatable bonds is 7. The Bertz CT molecular complexity index is 3600. The third-order valence-corrected chi connectivity index (χ3v) is 12.4. The third kappa shape index (κ3) is 6.29. The number of hydrogen-bond donors (Lipinski definition) is 0. The fourth-order valence-electron chi connectivity index (χ4n) is 9.22. The van der Waals surface area contributed by atoms with Crippen LogP contribution in [0.2, 0.25) is 0 Å². The molecule has 290 valence electrons. The highest BCUT2D eigenvalue weighted by Gasteiger charge is 2.21. The van der Waals surface area contributed by atoms with E-state index in [1.54, 1.807) is 0 Å². The fraction of sp³-hybridized carbons (Fsp3) is 0. The second kappa shape index (κ2) is 14.8. The van der Waals surface area contributed by atoms with E-state index >= 15 is 0 Å². The monoisotopic (exact) mass is 789 g/mol. The minimum Gasteiger partial charge on any atom is -0.454 e. The van der Waals surface area contributed by atoms with Crippen LogP contribution < -0.4 is 4.90 Å². The molecule has 1 heterocycles. The second-order valence-corrected chi connectivity index (χ2v) is 16.1. The van der Waals surface area contributed by atoms with E-state index in [1.807, 2.05) is 0 Å². The Labute approximate surface area is 360 Å². The van der Waals surface area contributed by atoms with Gasteiger partial charge in [0.2, 0.25) is 0 Å². The number of hydrogen-bond acceptors (Lipinski definition) is 2. The van der Waals surface area contributed by atoms with Gasteiger partial charge in [-0.25, -0.2) is 0 Å². The zero-order chi connectivity index (χ0) is 41.0. The van der Waals surface area contributed by atoms with E-state index in [9.17, 15) is 0 Å². The molecular formula is C60H39NO. The Morgan fingerprint density at radius 1 is 0.274 bits per heavy atom. The van der Waals surface area contributed by atoms with Crippen LogP contribution in [0, 0.1) is 0 Å². The summed E-state index contributed by atoms with van der Waals surface area (Å²) in [5, 5.41) is 9.60. The molecule has 2 heteroatoms. The second-order valence-electron chi connectivity index (χ2n) is 16.1. The average molecular weight is 790 g/mol. The van der Waals surface area contributed by atoms with Gasteiger partial charge in [-0.15, -0.1) is 0 Å². The summed E-state index contributed by atoms with van der Waals surface area (Å²) in [5.74, 6) is 0. The van der Waals surface area contributed by atoms with Crippen molar-refractivity contribution in [2.24, 2.45) is 0 Å². The van der Waals surface area contributed by atoms with Gasteiger partial charge >= 0.3 is 0 Å². The molecule has 0 atom stereocenters. The van der Waals surface area contributed by atoms with Crippen LogP contribution in [0.25, 0.3) is 98.8 Å². The first-order valence-corrected chi connectivity index (χ1v) is 21.2. The maximum atomic E-state index is 6.80. The van der Waals surface area contributed by atoms with Gasteiger partial charge in [0.1, 0.15) is 5.58 Å². The molecule has 12 rings (SSSR count). The van der Waals surface area contributed by atoms with E-state index in [4.69, 9.17) is 4.42 Å². The molecular weight excluding hydrogens is 751 g/mol. The van der Waals surface area contributed by atoms with E-state index < -0.39 is 0 Å². The first kappa shape index (κ1) is 35.7. The highest BCUT2D eigenvalue weighted by atomic mass is 16.3. The summed E-state index contributed by atoms with van der Waals surface area (Å²) in [6.45, 7) is 0. The van der Waals surface area contributed by atoms with Crippen LogP contribution in [0.1, 0.15) is 0 Å². The quantitative estimate of drug-likeness (QED) is 0.160. The number of para-hydroxylation sites is 1. The van der Waals surface area contributed by atoms with Crippen molar-refractivity contribution in [2.45, 2.75) is 0 Å². The van der Waals surface area contributed by atoms with Gasteiger partial charge in [-0.1, -0.05) is 182 Å². The lowest BCUT2D eigenvalue weighted by atomic mass is 9.96. The molecule has 11 aromatic carbocycles. The molecule has 0 saturated carbocycles. The molecule has 0 aliphatic carbocycles. The van der Waals surface area contributed by atoms with Gasteiger partial charge in [0.15, 0.2) is 5.58 Å². The Balaban J connectivity index is 0.919.